The van der Waals surface area contributed by atoms with E-state index in [1.54, 1.807) is 12.1 Å². The average molecular weight is 341 g/mol. The van der Waals surface area contributed by atoms with E-state index in [1.807, 2.05) is 26.0 Å². The van der Waals surface area contributed by atoms with Crippen LogP contribution in [0, 0.1) is 13.8 Å². The summed E-state index contributed by atoms with van der Waals surface area (Å²) in [7, 11) is 1.33. The number of hydrogen-bond donors (Lipinski definition) is 1. The van der Waals surface area contributed by atoms with Crippen molar-refractivity contribution in [3.05, 3.63) is 64.3 Å². The van der Waals surface area contributed by atoms with Crippen molar-refractivity contribution in [3.63, 3.8) is 0 Å². The Kier molecular flexibility index (Phi) is 4.40. The highest BCUT2D eigenvalue weighted by Crippen LogP contribution is 2.31. The number of ether oxygens (including phenoxy) is 1. The lowest BCUT2D eigenvalue weighted by Gasteiger charge is -2.14. The molecule has 1 N–H and O–H groups in total. The fourth-order valence-electron chi connectivity index (χ4n) is 2.54. The lowest BCUT2D eigenvalue weighted by atomic mass is 10.1. The van der Waals surface area contributed by atoms with Gasteiger partial charge in [0.1, 0.15) is 0 Å². The Bertz CT molecular complexity index is 938. The van der Waals surface area contributed by atoms with Crippen molar-refractivity contribution in [2.24, 2.45) is 0 Å². The Labute approximate surface area is 145 Å². The smallest absolute Gasteiger partial charge is 0.356 e. The van der Waals surface area contributed by atoms with Crippen molar-refractivity contribution in [1.82, 2.24) is 4.98 Å². The Balaban J connectivity index is 2.20. The number of hydrogen-bond acceptors (Lipinski definition) is 4. The summed E-state index contributed by atoms with van der Waals surface area (Å²) in [5.41, 5.74) is 4.76. The molecule has 4 nitrogen and oxygen atoms in total. The predicted molar refractivity (Wildman–Crippen MR) is 97.3 cm³/mol. The Morgan fingerprint density at radius 3 is 2.67 bits per heavy atom. The van der Waals surface area contributed by atoms with Crippen LogP contribution in [0.1, 0.15) is 21.6 Å². The van der Waals surface area contributed by atoms with Gasteiger partial charge >= 0.3 is 5.97 Å². The van der Waals surface area contributed by atoms with Crippen molar-refractivity contribution < 1.29 is 9.53 Å². The van der Waals surface area contributed by atoms with Crippen LogP contribution < -0.4 is 5.32 Å². The van der Waals surface area contributed by atoms with Gasteiger partial charge in [0.05, 0.1) is 23.3 Å². The minimum Gasteiger partial charge on any atom is -0.464 e. The van der Waals surface area contributed by atoms with Crippen LogP contribution in [0.25, 0.3) is 10.9 Å². The fraction of sp³-hybridized carbons (Fsp3) is 0.158. The lowest BCUT2D eigenvalue weighted by molar-refractivity contribution is 0.0594. The van der Waals surface area contributed by atoms with Crippen LogP contribution in [-0.4, -0.2) is 18.1 Å². The van der Waals surface area contributed by atoms with Gasteiger partial charge in [0.25, 0.3) is 0 Å². The van der Waals surface area contributed by atoms with E-state index in [-0.39, 0.29) is 5.69 Å². The highest BCUT2D eigenvalue weighted by molar-refractivity contribution is 6.35. The van der Waals surface area contributed by atoms with Crippen LogP contribution in [0.15, 0.2) is 42.5 Å². The number of aryl methyl sites for hydroxylation is 2. The zero-order valence-corrected chi connectivity index (χ0v) is 14.4. The van der Waals surface area contributed by atoms with Crippen molar-refractivity contribution in [3.8, 4) is 0 Å². The average Bonchev–Trinajstić information content (AvgIpc) is 2.58. The van der Waals surface area contributed by atoms with Gasteiger partial charge in [0.2, 0.25) is 0 Å². The number of halogens is 1. The van der Waals surface area contributed by atoms with Crippen LogP contribution in [0.2, 0.25) is 5.02 Å². The second kappa shape index (κ2) is 6.49. The molecule has 122 valence electrons. The normalized spacial score (nSPS) is 10.7. The van der Waals surface area contributed by atoms with Crippen LogP contribution in [0.3, 0.4) is 0 Å². The van der Waals surface area contributed by atoms with Gasteiger partial charge in [-0.3, -0.25) is 0 Å². The number of fused-ring (bicyclic) bond motifs is 1. The maximum absolute atomic E-state index is 11.9. The van der Waals surface area contributed by atoms with Gasteiger partial charge in [-0.05, 0) is 43.2 Å². The van der Waals surface area contributed by atoms with E-state index in [1.165, 1.54) is 7.11 Å². The quantitative estimate of drug-likeness (QED) is 0.679. The summed E-state index contributed by atoms with van der Waals surface area (Å²) in [6.45, 7) is 4.06. The highest BCUT2D eigenvalue weighted by atomic mass is 35.5. The van der Waals surface area contributed by atoms with Gasteiger partial charge < -0.3 is 10.1 Å². The zero-order chi connectivity index (χ0) is 17.3. The summed E-state index contributed by atoms with van der Waals surface area (Å²) in [4.78, 5) is 16.3. The molecule has 0 aliphatic heterocycles. The molecule has 0 aliphatic carbocycles. The number of pyridine rings is 1. The van der Waals surface area contributed by atoms with Crippen LogP contribution >= 0.6 is 11.6 Å². The summed E-state index contributed by atoms with van der Waals surface area (Å²) in [5, 5.41) is 4.73. The van der Waals surface area contributed by atoms with E-state index in [4.69, 9.17) is 16.3 Å². The number of nitrogens with one attached hydrogen (secondary N) is 1. The summed E-state index contributed by atoms with van der Waals surface area (Å²) in [5.74, 6) is -0.499. The molecule has 1 aromatic heterocycles. The van der Waals surface area contributed by atoms with Gasteiger partial charge in [-0.25, -0.2) is 9.78 Å². The number of aromatic nitrogens is 1. The third-order valence-corrected chi connectivity index (χ3v) is 4.15. The second-order valence-electron chi connectivity index (χ2n) is 5.63. The minimum atomic E-state index is -0.499. The SMILES string of the molecule is COC(=O)c1cc(Nc2cc(C)ccc2C)c2cccc(Cl)c2n1. The third kappa shape index (κ3) is 3.05. The zero-order valence-electron chi connectivity index (χ0n) is 13.7. The van der Waals surface area contributed by atoms with Gasteiger partial charge in [-0.1, -0.05) is 35.9 Å². The van der Waals surface area contributed by atoms with Gasteiger partial charge in [-0.15, -0.1) is 0 Å². The number of esters is 1. The van der Waals surface area contributed by atoms with Crippen LogP contribution in [0.4, 0.5) is 11.4 Å². The maximum atomic E-state index is 11.9. The van der Waals surface area contributed by atoms with E-state index >= 15 is 0 Å². The predicted octanol–water partition coefficient (Wildman–Crippen LogP) is 5.04. The number of benzene rings is 2. The topological polar surface area (TPSA) is 51.2 Å². The third-order valence-electron chi connectivity index (χ3n) is 3.85. The number of para-hydroxylation sites is 1. The molecule has 24 heavy (non-hydrogen) atoms. The number of rotatable bonds is 3. The first kappa shape index (κ1) is 16.3. The Morgan fingerprint density at radius 2 is 1.92 bits per heavy atom. The molecule has 0 aliphatic rings. The molecule has 0 atom stereocenters. The van der Waals surface area contributed by atoms with Crippen LogP contribution in [0.5, 0.6) is 0 Å². The number of methoxy groups -OCH3 is 1. The maximum Gasteiger partial charge on any atom is 0.356 e. The van der Waals surface area contributed by atoms with Crippen molar-refractivity contribution in [2.75, 3.05) is 12.4 Å². The van der Waals surface area contributed by atoms with Gasteiger partial charge in [0, 0.05) is 11.1 Å². The number of carbonyl (C=O) groups excluding carboxylic acids is 1. The molecule has 1 heterocycles. The molecule has 2 aromatic carbocycles. The highest BCUT2D eigenvalue weighted by Gasteiger charge is 2.14. The molecule has 0 saturated carbocycles. The largest absolute Gasteiger partial charge is 0.464 e. The van der Waals surface area contributed by atoms with Crippen molar-refractivity contribution in [2.45, 2.75) is 13.8 Å². The first-order valence-corrected chi connectivity index (χ1v) is 7.89. The molecule has 3 aromatic rings. The van der Waals surface area contributed by atoms with E-state index in [2.05, 4.69) is 28.5 Å². The molecule has 0 bridgehead atoms. The second-order valence-corrected chi connectivity index (χ2v) is 6.03. The minimum absolute atomic E-state index is 0.214. The first-order chi connectivity index (χ1) is 11.5. The molecule has 0 fully saturated rings. The standard InChI is InChI=1S/C19H17ClN2O2/c1-11-7-8-12(2)15(9-11)21-16-10-17(19(23)24-3)22-18-13(16)5-4-6-14(18)20/h4-10H,1-3H3,(H,21,22). The molecule has 3 rings (SSSR count). The molecule has 0 radical (unpaired) electrons. The molecular weight excluding hydrogens is 324 g/mol. The number of carbonyl (C=O) groups is 1. The molecule has 0 unspecified atom stereocenters. The fourth-order valence-corrected chi connectivity index (χ4v) is 2.76. The molecular formula is C19H17ClN2O2. The van der Waals surface area contributed by atoms with Crippen LogP contribution in [-0.2, 0) is 4.74 Å². The summed E-state index contributed by atoms with van der Waals surface area (Å²) in [6, 6.07) is 13.4. The Hall–Kier alpha value is -2.59. The van der Waals surface area contributed by atoms with E-state index in [0.717, 1.165) is 27.9 Å². The Morgan fingerprint density at radius 1 is 1.12 bits per heavy atom. The number of nitrogens with zero attached hydrogens (tertiary/aromatic N) is 1. The van der Waals surface area contributed by atoms with E-state index in [9.17, 15) is 4.79 Å². The molecule has 0 amide bonds. The number of anilines is 2. The van der Waals surface area contributed by atoms with E-state index in [0.29, 0.717) is 10.5 Å². The molecule has 5 heteroatoms. The van der Waals surface area contributed by atoms with Crippen molar-refractivity contribution >= 4 is 39.8 Å². The molecule has 0 saturated heterocycles. The van der Waals surface area contributed by atoms with Gasteiger partial charge in [-0.2, -0.15) is 0 Å². The van der Waals surface area contributed by atoms with E-state index < -0.39 is 5.97 Å². The monoisotopic (exact) mass is 340 g/mol. The lowest BCUT2D eigenvalue weighted by Crippen LogP contribution is -2.06. The summed E-state index contributed by atoms with van der Waals surface area (Å²) < 4.78 is 4.80. The summed E-state index contributed by atoms with van der Waals surface area (Å²) in [6.07, 6.45) is 0. The molecule has 0 spiro atoms. The van der Waals surface area contributed by atoms with Gasteiger partial charge in [0.15, 0.2) is 5.69 Å². The summed E-state index contributed by atoms with van der Waals surface area (Å²) >= 11 is 6.27. The van der Waals surface area contributed by atoms with Crippen molar-refractivity contribution in [1.29, 1.82) is 0 Å². The first-order valence-electron chi connectivity index (χ1n) is 7.51.